The smallest absolute Gasteiger partial charge is 0.311 e. The lowest BCUT2D eigenvalue weighted by molar-refractivity contribution is -0.134. The summed E-state index contributed by atoms with van der Waals surface area (Å²) in [5.41, 5.74) is 1.49. The van der Waals surface area contributed by atoms with E-state index in [0.717, 1.165) is 12.8 Å². The first-order valence-electron chi connectivity index (χ1n) is 14.1. The summed E-state index contributed by atoms with van der Waals surface area (Å²) in [6.07, 6.45) is 24.6. The van der Waals surface area contributed by atoms with Crippen molar-refractivity contribution in [3.63, 3.8) is 0 Å². The Bertz CT molecular complexity index is 710. The summed E-state index contributed by atoms with van der Waals surface area (Å²) in [5.74, 6) is 0.544. The highest BCUT2D eigenvalue weighted by Gasteiger charge is 2.04. The summed E-state index contributed by atoms with van der Waals surface area (Å²) < 4.78 is 5.32. The number of para-hydroxylation sites is 1. The Morgan fingerprint density at radius 1 is 0.471 bits per heavy atom. The fourth-order valence-corrected chi connectivity index (χ4v) is 4.57. The Hall–Kier alpha value is -2.09. The van der Waals surface area contributed by atoms with Crippen molar-refractivity contribution in [2.75, 3.05) is 0 Å². The standard InChI is InChI=1S/C32H48O2/c33-32(34-31-27-21-17-22-28-31)29-23-15-13-11-9-7-5-3-1-2-4-6-8-10-12-14-18-24-30-25-19-16-20-26-30/h16-17,19-22,25-28H,1-15,18,23-24,29H2. The van der Waals surface area contributed by atoms with Crippen LogP contribution in [0.25, 0.3) is 0 Å². The van der Waals surface area contributed by atoms with Crippen LogP contribution in [0.2, 0.25) is 0 Å². The third-order valence-corrected chi connectivity index (χ3v) is 6.66. The molecule has 188 valence electrons. The van der Waals surface area contributed by atoms with Gasteiger partial charge in [-0.15, -0.1) is 0 Å². The van der Waals surface area contributed by atoms with Crippen LogP contribution in [0.5, 0.6) is 5.75 Å². The van der Waals surface area contributed by atoms with Gasteiger partial charge in [-0.05, 0) is 37.0 Å². The molecule has 34 heavy (non-hydrogen) atoms. The van der Waals surface area contributed by atoms with Crippen molar-refractivity contribution in [1.82, 2.24) is 0 Å². The van der Waals surface area contributed by atoms with Gasteiger partial charge in [-0.3, -0.25) is 4.79 Å². The van der Waals surface area contributed by atoms with Gasteiger partial charge in [-0.1, -0.05) is 145 Å². The third kappa shape index (κ3) is 15.7. The van der Waals surface area contributed by atoms with Crippen molar-refractivity contribution in [3.8, 4) is 5.75 Å². The highest BCUT2D eigenvalue weighted by atomic mass is 16.5. The second-order valence-corrected chi connectivity index (χ2v) is 9.78. The van der Waals surface area contributed by atoms with Gasteiger partial charge >= 0.3 is 5.97 Å². The zero-order chi connectivity index (χ0) is 23.9. The van der Waals surface area contributed by atoms with Crippen LogP contribution in [0.3, 0.4) is 0 Å². The maximum absolute atomic E-state index is 11.8. The molecule has 0 fully saturated rings. The van der Waals surface area contributed by atoms with Gasteiger partial charge in [-0.2, -0.15) is 0 Å². The molecule has 0 heterocycles. The second-order valence-electron chi connectivity index (χ2n) is 9.78. The Morgan fingerprint density at radius 2 is 0.853 bits per heavy atom. The van der Waals surface area contributed by atoms with E-state index >= 15 is 0 Å². The van der Waals surface area contributed by atoms with Crippen LogP contribution in [0.15, 0.2) is 60.7 Å². The largest absolute Gasteiger partial charge is 0.427 e. The van der Waals surface area contributed by atoms with E-state index < -0.39 is 0 Å². The van der Waals surface area contributed by atoms with Crippen molar-refractivity contribution < 1.29 is 9.53 Å². The molecule has 0 N–H and O–H groups in total. The molecule has 0 aliphatic heterocycles. The van der Waals surface area contributed by atoms with Gasteiger partial charge in [0.1, 0.15) is 5.75 Å². The summed E-state index contributed by atoms with van der Waals surface area (Å²) in [4.78, 5) is 11.8. The average Bonchev–Trinajstić information content (AvgIpc) is 2.86. The molecule has 0 aromatic heterocycles. The lowest BCUT2D eigenvalue weighted by Gasteiger charge is -2.05. The Kier molecular flexibility index (Phi) is 16.8. The summed E-state index contributed by atoms with van der Waals surface area (Å²) in [6, 6.07) is 20.2. The maximum Gasteiger partial charge on any atom is 0.311 e. The fourth-order valence-electron chi connectivity index (χ4n) is 4.57. The molecule has 2 rings (SSSR count). The molecule has 0 aliphatic carbocycles. The highest BCUT2D eigenvalue weighted by Crippen LogP contribution is 2.15. The molecular weight excluding hydrogens is 416 g/mol. The molecule has 0 atom stereocenters. The first-order chi connectivity index (χ1) is 16.8. The minimum absolute atomic E-state index is 0.106. The topological polar surface area (TPSA) is 26.3 Å². The number of aryl methyl sites for hydroxylation is 1. The minimum atomic E-state index is -0.106. The van der Waals surface area contributed by atoms with Crippen LogP contribution in [0.4, 0.5) is 0 Å². The van der Waals surface area contributed by atoms with Gasteiger partial charge in [0.25, 0.3) is 0 Å². The van der Waals surface area contributed by atoms with E-state index in [1.807, 2.05) is 30.3 Å². The summed E-state index contributed by atoms with van der Waals surface area (Å²) in [6.45, 7) is 0. The lowest BCUT2D eigenvalue weighted by Crippen LogP contribution is -2.07. The van der Waals surface area contributed by atoms with Gasteiger partial charge in [0.15, 0.2) is 0 Å². The molecule has 2 heteroatoms. The van der Waals surface area contributed by atoms with E-state index in [1.54, 1.807) is 0 Å². The monoisotopic (exact) mass is 464 g/mol. The van der Waals surface area contributed by atoms with Gasteiger partial charge < -0.3 is 4.74 Å². The molecular formula is C32H48O2. The number of rotatable bonds is 21. The van der Waals surface area contributed by atoms with Crippen LogP contribution < -0.4 is 4.74 Å². The van der Waals surface area contributed by atoms with E-state index in [1.165, 1.54) is 108 Å². The van der Waals surface area contributed by atoms with Gasteiger partial charge in [0.05, 0.1) is 0 Å². The van der Waals surface area contributed by atoms with Crippen molar-refractivity contribution in [3.05, 3.63) is 66.2 Å². The predicted molar refractivity (Wildman–Crippen MR) is 145 cm³/mol. The van der Waals surface area contributed by atoms with Crippen molar-refractivity contribution in [2.45, 2.75) is 122 Å². The van der Waals surface area contributed by atoms with Crippen LogP contribution in [-0.4, -0.2) is 5.97 Å². The number of carbonyl (C=O) groups excluding carboxylic acids is 1. The second kappa shape index (κ2) is 20.3. The van der Waals surface area contributed by atoms with Gasteiger partial charge in [0, 0.05) is 6.42 Å². The number of hydrogen-bond donors (Lipinski definition) is 0. The molecule has 0 bridgehead atoms. The Labute approximate surface area is 209 Å². The third-order valence-electron chi connectivity index (χ3n) is 6.66. The van der Waals surface area contributed by atoms with Crippen molar-refractivity contribution >= 4 is 5.97 Å². The first-order valence-corrected chi connectivity index (χ1v) is 14.1. The molecule has 0 radical (unpaired) electrons. The van der Waals surface area contributed by atoms with E-state index in [0.29, 0.717) is 12.2 Å². The average molecular weight is 465 g/mol. The Balaban J connectivity index is 1.23. The lowest BCUT2D eigenvalue weighted by atomic mass is 10.0. The van der Waals surface area contributed by atoms with Crippen molar-refractivity contribution in [1.29, 1.82) is 0 Å². The van der Waals surface area contributed by atoms with Crippen LogP contribution in [0, 0.1) is 0 Å². The molecule has 0 aliphatic rings. The number of esters is 1. The maximum atomic E-state index is 11.8. The minimum Gasteiger partial charge on any atom is -0.427 e. The molecule has 2 aromatic carbocycles. The first kappa shape index (κ1) is 28.1. The highest BCUT2D eigenvalue weighted by molar-refractivity contribution is 5.72. The number of ether oxygens (including phenoxy) is 1. The molecule has 0 saturated heterocycles. The molecule has 2 aromatic rings. The number of unbranched alkanes of at least 4 members (excludes halogenated alkanes) is 16. The summed E-state index contributed by atoms with van der Waals surface area (Å²) in [5, 5.41) is 0. The quantitative estimate of drug-likeness (QED) is 0.104. The Morgan fingerprint density at radius 3 is 1.32 bits per heavy atom. The number of hydrogen-bond acceptors (Lipinski definition) is 2. The SMILES string of the molecule is O=C(CCCCCCCCCCCCCCCCCCCc1ccccc1)Oc1ccccc1. The molecule has 0 amide bonds. The van der Waals surface area contributed by atoms with Crippen LogP contribution in [0.1, 0.15) is 121 Å². The molecule has 0 saturated carbocycles. The van der Waals surface area contributed by atoms with Gasteiger partial charge in [0.2, 0.25) is 0 Å². The molecule has 2 nitrogen and oxygen atoms in total. The van der Waals surface area contributed by atoms with Gasteiger partial charge in [-0.25, -0.2) is 0 Å². The van der Waals surface area contributed by atoms with Crippen LogP contribution in [-0.2, 0) is 11.2 Å². The normalized spacial score (nSPS) is 10.9. The van der Waals surface area contributed by atoms with E-state index in [4.69, 9.17) is 4.74 Å². The summed E-state index contributed by atoms with van der Waals surface area (Å²) in [7, 11) is 0. The number of benzene rings is 2. The van der Waals surface area contributed by atoms with E-state index in [2.05, 4.69) is 30.3 Å². The van der Waals surface area contributed by atoms with Crippen LogP contribution >= 0.6 is 0 Å². The van der Waals surface area contributed by atoms with E-state index in [-0.39, 0.29) is 5.97 Å². The zero-order valence-electron chi connectivity index (χ0n) is 21.5. The van der Waals surface area contributed by atoms with Crippen molar-refractivity contribution in [2.24, 2.45) is 0 Å². The molecule has 0 spiro atoms. The summed E-state index contributed by atoms with van der Waals surface area (Å²) >= 11 is 0. The van der Waals surface area contributed by atoms with E-state index in [9.17, 15) is 4.79 Å². The predicted octanol–water partition coefficient (Wildman–Crippen LogP) is 9.86. The molecule has 0 unspecified atom stereocenters. The zero-order valence-corrected chi connectivity index (χ0v) is 21.5. The fraction of sp³-hybridized carbons (Fsp3) is 0.594. The number of carbonyl (C=O) groups is 1.